The van der Waals surface area contributed by atoms with Crippen LogP contribution >= 0.6 is 11.6 Å². The standard InChI is InChI=1S/C24H40ClN5O4S.C2HF3O2/c1-34-23-18-22(26)21(25)17-20(23)24(31)27-19-7-11-28(12-8-19)9-5-3-4-6-10-29-13-15-30(16-14-29)35(2,32)33;3-2(4,5)1(6)7/h17-19H,3-16,26H2,1-2H3,(H,27,31);(H,6,7). The molecule has 2 heterocycles. The zero-order chi connectivity index (χ0) is 31.5. The summed E-state index contributed by atoms with van der Waals surface area (Å²) in [6.07, 6.45) is 2.80. The summed E-state index contributed by atoms with van der Waals surface area (Å²) >= 11 is 6.10. The summed E-state index contributed by atoms with van der Waals surface area (Å²) in [6, 6.07) is 3.29. The SMILES string of the molecule is COc1cc(N)c(Cl)cc1C(=O)NC1CCN(CCCCCCN2CCN(S(C)(=O)=O)CC2)CC1.O=C(O)C(F)(F)F. The molecular formula is C26H41ClF3N5O6S. The number of hydrogen-bond acceptors (Lipinski definition) is 8. The van der Waals surface area contributed by atoms with Crippen LogP contribution in [0.2, 0.25) is 5.02 Å². The number of sulfonamides is 1. The summed E-state index contributed by atoms with van der Waals surface area (Å²) in [5.74, 6) is -2.51. The zero-order valence-corrected chi connectivity index (χ0v) is 25.5. The zero-order valence-electron chi connectivity index (χ0n) is 24.0. The molecule has 2 fully saturated rings. The summed E-state index contributed by atoms with van der Waals surface area (Å²) < 4.78 is 61.8. The van der Waals surface area contributed by atoms with Crippen LogP contribution in [0.15, 0.2) is 12.1 Å². The van der Waals surface area contributed by atoms with E-state index in [0.717, 1.165) is 58.5 Å². The molecule has 2 aliphatic heterocycles. The highest BCUT2D eigenvalue weighted by Crippen LogP contribution is 2.29. The van der Waals surface area contributed by atoms with Crippen LogP contribution in [0.3, 0.4) is 0 Å². The van der Waals surface area contributed by atoms with Crippen LogP contribution in [-0.4, -0.2) is 117 Å². The Morgan fingerprint density at radius 2 is 1.52 bits per heavy atom. The largest absolute Gasteiger partial charge is 0.496 e. The third-order valence-corrected chi connectivity index (χ3v) is 8.86. The number of hydrogen-bond donors (Lipinski definition) is 3. The molecule has 11 nitrogen and oxygen atoms in total. The first kappa shape index (κ1) is 35.9. The molecule has 0 atom stereocenters. The molecule has 1 aromatic rings. The highest BCUT2D eigenvalue weighted by molar-refractivity contribution is 7.88. The Hall–Kier alpha value is -2.33. The lowest BCUT2D eigenvalue weighted by Gasteiger charge is -2.33. The number of carboxylic acid groups (broad SMARTS) is 1. The molecule has 2 saturated heterocycles. The van der Waals surface area contributed by atoms with Gasteiger partial charge in [-0.15, -0.1) is 0 Å². The van der Waals surface area contributed by atoms with Crippen molar-refractivity contribution in [2.75, 3.05) is 71.5 Å². The number of nitrogens with two attached hydrogens (primary N) is 1. The number of nitrogen functional groups attached to an aromatic ring is 1. The average molecular weight is 644 g/mol. The Kier molecular flexibility index (Phi) is 14.1. The summed E-state index contributed by atoms with van der Waals surface area (Å²) in [5, 5.41) is 10.6. The lowest BCUT2D eigenvalue weighted by Crippen LogP contribution is -2.48. The van der Waals surface area contributed by atoms with E-state index in [1.807, 2.05) is 0 Å². The number of carbonyl (C=O) groups is 2. The van der Waals surface area contributed by atoms with Gasteiger partial charge < -0.3 is 30.7 Å². The Balaban J connectivity index is 0.000000782. The quantitative estimate of drug-likeness (QED) is 0.245. The van der Waals surface area contributed by atoms with Gasteiger partial charge in [0.2, 0.25) is 10.0 Å². The first-order valence-electron chi connectivity index (χ1n) is 13.8. The lowest BCUT2D eigenvalue weighted by molar-refractivity contribution is -0.192. The topological polar surface area (TPSA) is 146 Å². The predicted molar refractivity (Wildman–Crippen MR) is 154 cm³/mol. The van der Waals surface area contributed by atoms with Gasteiger partial charge in [-0.3, -0.25) is 4.79 Å². The van der Waals surface area contributed by atoms with Crippen molar-refractivity contribution < 1.29 is 41.0 Å². The Labute approximate surface area is 250 Å². The van der Waals surface area contributed by atoms with Gasteiger partial charge in [0.1, 0.15) is 5.75 Å². The van der Waals surface area contributed by atoms with E-state index in [9.17, 15) is 26.4 Å². The number of aliphatic carboxylic acids is 1. The van der Waals surface area contributed by atoms with Crippen molar-refractivity contribution in [2.24, 2.45) is 0 Å². The van der Waals surface area contributed by atoms with E-state index < -0.39 is 22.2 Å². The maximum atomic E-state index is 12.7. The second kappa shape index (κ2) is 16.5. The number of nitrogens with zero attached hydrogens (tertiary/aromatic N) is 3. The van der Waals surface area contributed by atoms with Crippen LogP contribution < -0.4 is 15.8 Å². The molecule has 1 aromatic carbocycles. The predicted octanol–water partition coefficient (Wildman–Crippen LogP) is 2.90. The molecule has 2 aliphatic rings. The fraction of sp³-hybridized carbons (Fsp3) is 0.692. The molecule has 240 valence electrons. The second-order valence-corrected chi connectivity index (χ2v) is 12.8. The number of nitrogens with one attached hydrogen (secondary N) is 1. The van der Waals surface area contributed by atoms with E-state index in [2.05, 4.69) is 15.1 Å². The molecule has 0 radical (unpaired) electrons. The maximum Gasteiger partial charge on any atom is 0.490 e. The van der Waals surface area contributed by atoms with Crippen LogP contribution in [0.25, 0.3) is 0 Å². The van der Waals surface area contributed by atoms with Crippen molar-refractivity contribution in [2.45, 2.75) is 50.7 Å². The van der Waals surface area contributed by atoms with E-state index in [0.29, 0.717) is 35.1 Å². The van der Waals surface area contributed by atoms with Crippen LogP contribution in [0.4, 0.5) is 18.9 Å². The molecule has 0 bridgehead atoms. The highest BCUT2D eigenvalue weighted by atomic mass is 35.5. The fourth-order valence-electron chi connectivity index (χ4n) is 4.79. The normalized spacial score (nSPS) is 17.8. The summed E-state index contributed by atoms with van der Waals surface area (Å²) in [7, 11) is -1.54. The number of alkyl halides is 3. The fourth-order valence-corrected chi connectivity index (χ4v) is 5.78. The molecular weight excluding hydrogens is 603 g/mol. The smallest absolute Gasteiger partial charge is 0.490 e. The Morgan fingerprint density at radius 3 is 1.98 bits per heavy atom. The third kappa shape index (κ3) is 12.1. The molecule has 0 aliphatic carbocycles. The van der Waals surface area contributed by atoms with Gasteiger partial charge in [-0.05, 0) is 44.8 Å². The highest BCUT2D eigenvalue weighted by Gasteiger charge is 2.38. The summed E-state index contributed by atoms with van der Waals surface area (Å²) in [5.41, 5.74) is 6.61. The average Bonchev–Trinajstić information content (AvgIpc) is 2.92. The van der Waals surface area contributed by atoms with E-state index in [4.69, 9.17) is 32.0 Å². The van der Waals surface area contributed by atoms with E-state index >= 15 is 0 Å². The van der Waals surface area contributed by atoms with Crippen molar-refractivity contribution in [1.82, 2.24) is 19.4 Å². The molecule has 42 heavy (non-hydrogen) atoms. The van der Waals surface area contributed by atoms with E-state index in [1.54, 1.807) is 16.4 Å². The molecule has 4 N–H and O–H groups in total. The van der Waals surface area contributed by atoms with Gasteiger partial charge in [0.25, 0.3) is 5.91 Å². The van der Waals surface area contributed by atoms with Gasteiger partial charge in [0.15, 0.2) is 0 Å². The van der Waals surface area contributed by atoms with Crippen molar-refractivity contribution in [3.05, 3.63) is 22.7 Å². The van der Waals surface area contributed by atoms with Gasteiger partial charge in [0, 0.05) is 51.4 Å². The summed E-state index contributed by atoms with van der Waals surface area (Å²) in [6.45, 7) is 6.98. The molecule has 0 spiro atoms. The summed E-state index contributed by atoms with van der Waals surface area (Å²) in [4.78, 5) is 26.5. The number of carboxylic acids is 1. The van der Waals surface area contributed by atoms with Gasteiger partial charge >= 0.3 is 12.1 Å². The maximum absolute atomic E-state index is 12.7. The number of unbranched alkanes of at least 4 members (excludes halogenated alkanes) is 3. The number of halogens is 4. The first-order valence-corrected chi connectivity index (χ1v) is 16.0. The molecule has 3 rings (SSSR count). The number of rotatable bonds is 11. The van der Waals surface area contributed by atoms with Crippen molar-refractivity contribution >= 4 is 39.2 Å². The van der Waals surface area contributed by atoms with Crippen molar-refractivity contribution in [3.63, 3.8) is 0 Å². The number of piperazine rings is 1. The Bertz CT molecular complexity index is 1140. The van der Waals surface area contributed by atoms with Crippen LogP contribution in [-0.2, 0) is 14.8 Å². The van der Waals surface area contributed by atoms with Gasteiger partial charge in [0.05, 0.1) is 29.6 Å². The van der Waals surface area contributed by atoms with Gasteiger partial charge in [-0.2, -0.15) is 17.5 Å². The number of amides is 1. The number of benzene rings is 1. The molecule has 16 heteroatoms. The van der Waals surface area contributed by atoms with Crippen LogP contribution in [0, 0.1) is 0 Å². The second-order valence-electron chi connectivity index (χ2n) is 10.4. The lowest BCUT2D eigenvalue weighted by atomic mass is 10.0. The minimum absolute atomic E-state index is 0.142. The molecule has 0 unspecified atom stereocenters. The number of piperidine rings is 1. The first-order chi connectivity index (χ1) is 19.6. The van der Waals surface area contributed by atoms with Crippen molar-refractivity contribution in [3.8, 4) is 5.75 Å². The van der Waals surface area contributed by atoms with Crippen LogP contribution in [0.1, 0.15) is 48.9 Å². The number of likely N-dealkylation sites (tertiary alicyclic amines) is 1. The van der Waals surface area contributed by atoms with Crippen molar-refractivity contribution in [1.29, 1.82) is 0 Å². The minimum Gasteiger partial charge on any atom is -0.496 e. The number of methoxy groups -OCH3 is 1. The van der Waals surface area contributed by atoms with E-state index in [1.165, 1.54) is 32.6 Å². The minimum atomic E-state index is -5.08. The molecule has 1 amide bonds. The van der Waals surface area contributed by atoms with E-state index in [-0.39, 0.29) is 11.9 Å². The van der Waals surface area contributed by atoms with Crippen LogP contribution in [0.5, 0.6) is 5.75 Å². The molecule has 0 saturated carbocycles. The Morgan fingerprint density at radius 1 is 1.02 bits per heavy atom. The molecule has 0 aromatic heterocycles. The number of anilines is 1. The number of carbonyl (C=O) groups excluding carboxylic acids is 1. The van der Waals surface area contributed by atoms with Gasteiger partial charge in [-0.1, -0.05) is 24.4 Å². The monoisotopic (exact) mass is 643 g/mol. The third-order valence-electron chi connectivity index (χ3n) is 7.23. The van der Waals surface area contributed by atoms with Gasteiger partial charge in [-0.25, -0.2) is 13.2 Å². The number of ether oxygens (including phenoxy) is 1.